The number of hydrogen-bond donors (Lipinski definition) is 0. The standard InChI is InChI=1S/C26H54B2N2P2/c1-21(2,3)31-27(29-23(7,8)17-15-18-24(29,9)10)32(22(4,5)6)28(31)30-25(11,12)19-16-20-26(30,13)14/h15-20H2,1-14H3. The molecule has 2 nitrogen and oxygen atoms in total. The van der Waals surface area contributed by atoms with Crippen LogP contribution in [0.5, 0.6) is 0 Å². The van der Waals surface area contributed by atoms with E-state index in [0.29, 0.717) is 32.5 Å². The van der Waals surface area contributed by atoms with E-state index in [-0.39, 0.29) is 15.4 Å². The van der Waals surface area contributed by atoms with E-state index in [1.165, 1.54) is 38.5 Å². The van der Waals surface area contributed by atoms with Crippen LogP contribution >= 0.6 is 15.4 Å². The minimum atomic E-state index is -0.168. The first-order valence-corrected chi connectivity index (χ1v) is 16.3. The highest BCUT2D eigenvalue weighted by molar-refractivity contribution is 8.60. The van der Waals surface area contributed by atoms with E-state index in [2.05, 4.69) is 107 Å². The summed E-state index contributed by atoms with van der Waals surface area (Å²) in [6.07, 6.45) is 9.67. The molecule has 0 atom stereocenters. The van der Waals surface area contributed by atoms with E-state index in [0.717, 1.165) is 12.6 Å². The topological polar surface area (TPSA) is 6.48 Å². The van der Waals surface area contributed by atoms with Crippen LogP contribution in [-0.2, 0) is 0 Å². The maximum absolute atomic E-state index is 3.10. The highest BCUT2D eigenvalue weighted by atomic mass is 31.2. The van der Waals surface area contributed by atoms with Gasteiger partial charge in [-0.05, 0) is 104 Å². The molecule has 3 fully saturated rings. The van der Waals surface area contributed by atoms with Gasteiger partial charge in [-0.3, -0.25) is 0 Å². The van der Waals surface area contributed by atoms with Crippen molar-refractivity contribution >= 4 is 27.9 Å². The van der Waals surface area contributed by atoms with Crippen LogP contribution < -0.4 is 0 Å². The van der Waals surface area contributed by atoms with Crippen molar-refractivity contribution in [2.45, 2.75) is 168 Å². The Kier molecular flexibility index (Phi) is 7.06. The third kappa shape index (κ3) is 4.67. The van der Waals surface area contributed by atoms with Crippen LogP contribution in [-0.4, -0.2) is 54.7 Å². The number of nitrogens with zero attached hydrogens (tertiary/aromatic N) is 2. The number of rotatable bonds is 2. The summed E-state index contributed by atoms with van der Waals surface area (Å²) in [6, 6.07) is 0. The van der Waals surface area contributed by atoms with E-state index in [9.17, 15) is 0 Å². The van der Waals surface area contributed by atoms with Crippen LogP contribution in [0.4, 0.5) is 0 Å². The molecule has 3 rings (SSSR count). The summed E-state index contributed by atoms with van der Waals surface area (Å²) in [7, 11) is -0.336. The van der Waals surface area contributed by atoms with E-state index >= 15 is 0 Å². The van der Waals surface area contributed by atoms with Crippen molar-refractivity contribution in [2.24, 2.45) is 0 Å². The van der Waals surface area contributed by atoms with Gasteiger partial charge in [0.25, 0.3) is 12.6 Å². The molecule has 0 N–H and O–H groups in total. The lowest BCUT2D eigenvalue weighted by atomic mass is 9.75. The molecule has 0 spiro atoms. The first-order chi connectivity index (χ1) is 14.1. The smallest absolute Gasteiger partial charge is 0.270 e. The lowest BCUT2D eigenvalue weighted by Gasteiger charge is -2.72. The van der Waals surface area contributed by atoms with Crippen molar-refractivity contribution in [3.05, 3.63) is 0 Å². The first kappa shape index (κ1) is 27.5. The maximum atomic E-state index is 3.10. The van der Waals surface area contributed by atoms with Crippen LogP contribution in [0.1, 0.15) is 135 Å². The molecule has 0 aromatic rings. The van der Waals surface area contributed by atoms with Gasteiger partial charge in [0.05, 0.1) is 0 Å². The molecule has 3 aliphatic heterocycles. The van der Waals surface area contributed by atoms with Gasteiger partial charge < -0.3 is 9.62 Å². The minimum absolute atomic E-state index is 0.168. The van der Waals surface area contributed by atoms with Crippen LogP contribution in [0.3, 0.4) is 0 Å². The van der Waals surface area contributed by atoms with Gasteiger partial charge in [0.2, 0.25) is 0 Å². The molecular formula is C26H54B2N2P2. The Hall–Kier alpha value is 0.910. The van der Waals surface area contributed by atoms with E-state index in [1.807, 2.05) is 0 Å². The average Bonchev–Trinajstić information content (AvgIpc) is 2.46. The predicted octanol–water partition coefficient (Wildman–Crippen LogP) is 8.62. The van der Waals surface area contributed by atoms with Crippen LogP contribution in [0.25, 0.3) is 0 Å². The zero-order valence-electron chi connectivity index (χ0n) is 24.2. The molecule has 3 aliphatic rings. The molecule has 6 heteroatoms. The second-order valence-electron chi connectivity index (χ2n) is 15.5. The molecule has 0 aromatic heterocycles. The summed E-state index contributed by atoms with van der Waals surface area (Å²) in [6.45, 7) is 35.9. The van der Waals surface area contributed by atoms with E-state index in [1.54, 1.807) is 0 Å². The quantitative estimate of drug-likeness (QED) is 0.290. The number of hydrogen-bond acceptors (Lipinski definition) is 2. The molecule has 0 radical (unpaired) electrons. The predicted molar refractivity (Wildman–Crippen MR) is 153 cm³/mol. The molecule has 32 heavy (non-hydrogen) atoms. The van der Waals surface area contributed by atoms with Gasteiger partial charge in [-0.25, -0.2) is 0 Å². The van der Waals surface area contributed by atoms with Gasteiger partial charge in [-0.15, -0.1) is 15.4 Å². The highest BCUT2D eigenvalue weighted by Crippen LogP contribution is 2.85. The zero-order valence-corrected chi connectivity index (χ0v) is 26.0. The molecule has 3 heterocycles. The molecule has 0 amide bonds. The fourth-order valence-corrected chi connectivity index (χ4v) is 21.2. The third-order valence-corrected chi connectivity index (χ3v) is 17.8. The Morgan fingerprint density at radius 3 is 0.906 bits per heavy atom. The van der Waals surface area contributed by atoms with Crippen LogP contribution in [0.2, 0.25) is 0 Å². The second-order valence-corrected chi connectivity index (χ2v) is 22.6. The van der Waals surface area contributed by atoms with Crippen LogP contribution in [0, 0.1) is 0 Å². The second kappa shape index (κ2) is 8.22. The van der Waals surface area contributed by atoms with Crippen molar-refractivity contribution in [3.63, 3.8) is 0 Å². The van der Waals surface area contributed by atoms with Crippen molar-refractivity contribution in [2.75, 3.05) is 0 Å². The summed E-state index contributed by atoms with van der Waals surface area (Å²) >= 11 is 0. The Labute approximate surface area is 205 Å². The molecule has 0 aromatic carbocycles. The summed E-state index contributed by atoms with van der Waals surface area (Å²) < 4.78 is 0. The summed E-state index contributed by atoms with van der Waals surface area (Å²) in [5.74, 6) is 0. The third-order valence-electron chi connectivity index (χ3n) is 8.77. The van der Waals surface area contributed by atoms with Gasteiger partial charge in [-0.2, -0.15) is 0 Å². The maximum Gasteiger partial charge on any atom is 0.270 e. The monoisotopic (exact) mass is 478 g/mol. The first-order valence-electron chi connectivity index (χ1n) is 13.3. The fourth-order valence-electron chi connectivity index (χ4n) is 7.60. The highest BCUT2D eigenvalue weighted by Gasteiger charge is 2.71. The SMILES string of the molecule is CC1(C)CCCC(C)(C)N1B1P(C(C)(C)C)B(N2C(C)(C)CCCC2(C)C)P1C(C)(C)C. The summed E-state index contributed by atoms with van der Waals surface area (Å²) in [4.78, 5) is 6.19. The van der Waals surface area contributed by atoms with Crippen molar-refractivity contribution in [3.8, 4) is 0 Å². The van der Waals surface area contributed by atoms with Gasteiger partial charge in [0.15, 0.2) is 0 Å². The molecule has 0 bridgehead atoms. The minimum Gasteiger partial charge on any atom is -0.325 e. The van der Waals surface area contributed by atoms with Crippen molar-refractivity contribution < 1.29 is 0 Å². The lowest BCUT2D eigenvalue weighted by Crippen LogP contribution is -2.74. The Morgan fingerprint density at radius 1 is 0.500 bits per heavy atom. The Morgan fingerprint density at radius 2 is 0.719 bits per heavy atom. The normalized spacial score (nSPS) is 33.2. The summed E-state index contributed by atoms with van der Waals surface area (Å²) in [5, 5.41) is 0.726. The van der Waals surface area contributed by atoms with Crippen molar-refractivity contribution in [1.82, 2.24) is 9.62 Å². The van der Waals surface area contributed by atoms with Crippen molar-refractivity contribution in [1.29, 1.82) is 0 Å². The van der Waals surface area contributed by atoms with Gasteiger partial charge in [-0.1, -0.05) is 41.5 Å². The Balaban J connectivity index is 2.19. The van der Waals surface area contributed by atoms with E-state index in [4.69, 9.17) is 0 Å². The largest absolute Gasteiger partial charge is 0.325 e. The molecule has 0 aliphatic carbocycles. The molecule has 0 saturated carbocycles. The molecule has 0 unspecified atom stereocenters. The van der Waals surface area contributed by atoms with Gasteiger partial charge in [0.1, 0.15) is 0 Å². The number of piperidine rings is 2. The van der Waals surface area contributed by atoms with Gasteiger partial charge in [0, 0.05) is 22.2 Å². The van der Waals surface area contributed by atoms with Crippen LogP contribution in [0.15, 0.2) is 0 Å². The molecule has 3 saturated heterocycles. The fraction of sp³-hybridized carbons (Fsp3) is 1.00. The van der Waals surface area contributed by atoms with Gasteiger partial charge >= 0.3 is 0 Å². The lowest BCUT2D eigenvalue weighted by molar-refractivity contribution is 0.0515. The average molecular weight is 478 g/mol. The Bertz CT molecular complexity index is 606. The summed E-state index contributed by atoms with van der Waals surface area (Å²) in [5.41, 5.74) is 1.17. The molecular weight excluding hydrogens is 424 g/mol. The molecule has 184 valence electrons. The zero-order chi connectivity index (χ0) is 24.7. The van der Waals surface area contributed by atoms with E-state index < -0.39 is 0 Å².